The Morgan fingerprint density at radius 3 is 2.53 bits per heavy atom. The van der Waals surface area contributed by atoms with Crippen LogP contribution in [0.5, 0.6) is 0 Å². The van der Waals surface area contributed by atoms with Crippen LogP contribution in [0.2, 0.25) is 0 Å². The second-order valence-corrected chi connectivity index (χ2v) is 7.08. The number of nitrogens with one attached hydrogen (secondary N) is 2. The molecule has 0 unspecified atom stereocenters. The van der Waals surface area contributed by atoms with Crippen molar-refractivity contribution in [2.24, 2.45) is 4.99 Å². The van der Waals surface area contributed by atoms with Crippen LogP contribution in [0.15, 0.2) is 77.9 Å². The fraction of sp³-hybridized carbons (Fsp3) is 0.250. The molecule has 5 nitrogen and oxygen atoms in total. The van der Waals surface area contributed by atoms with Crippen LogP contribution in [0, 0.1) is 0 Å². The number of para-hydroxylation sites is 1. The Morgan fingerprint density at radius 2 is 1.77 bits per heavy atom. The number of halogens is 1. The maximum atomic E-state index is 4.76. The molecule has 2 N–H and O–H groups in total. The number of aromatic nitrogens is 1. The maximum Gasteiger partial charge on any atom is 0.191 e. The van der Waals surface area contributed by atoms with Crippen LogP contribution in [0.4, 0.5) is 5.69 Å². The zero-order chi connectivity index (χ0) is 19.9. The highest BCUT2D eigenvalue weighted by Crippen LogP contribution is 2.18. The standard InChI is InChI=1S/C24H27N5.HI/c1-2-25-24(28-18-20-13-14-26-23-8-4-3-7-22(20)23)27-17-19-9-11-21(12-10-19)29-15-5-6-16-29;/h3-14H,2,15-18H2,1H3,(H2,25,27,28);1H. The molecule has 2 aromatic carbocycles. The van der Waals surface area contributed by atoms with Crippen molar-refractivity contribution in [3.63, 3.8) is 0 Å². The van der Waals surface area contributed by atoms with E-state index in [-0.39, 0.29) is 24.0 Å². The van der Waals surface area contributed by atoms with Crippen molar-refractivity contribution in [1.82, 2.24) is 15.6 Å². The van der Waals surface area contributed by atoms with Gasteiger partial charge in [-0.05, 0) is 42.3 Å². The lowest BCUT2D eigenvalue weighted by Gasteiger charge is -2.17. The number of hydrogen-bond acceptors (Lipinski definition) is 3. The van der Waals surface area contributed by atoms with Crippen LogP contribution in [0.3, 0.4) is 0 Å². The monoisotopic (exact) mass is 513 g/mol. The molecule has 30 heavy (non-hydrogen) atoms. The van der Waals surface area contributed by atoms with E-state index in [1.54, 1.807) is 0 Å². The van der Waals surface area contributed by atoms with E-state index in [9.17, 15) is 0 Å². The van der Waals surface area contributed by atoms with Crippen molar-refractivity contribution >= 4 is 46.5 Å². The van der Waals surface area contributed by atoms with E-state index in [2.05, 4.69) is 82.1 Å². The second kappa shape index (κ2) is 11.0. The minimum Gasteiger partial charge on any atom is -0.364 e. The molecule has 1 aromatic heterocycles. The third kappa shape index (κ3) is 5.50. The summed E-state index contributed by atoms with van der Waals surface area (Å²) in [5, 5.41) is 7.96. The molecule has 0 spiro atoms. The Morgan fingerprint density at radius 1 is 1.00 bits per heavy atom. The highest BCUT2D eigenvalue weighted by molar-refractivity contribution is 14.0. The first-order valence-corrected chi connectivity index (χ1v) is 10.2. The molecule has 0 amide bonds. The quantitative estimate of drug-likeness (QED) is 0.221. The van der Waals surface area contributed by atoms with Gasteiger partial charge in [0, 0.05) is 43.4 Å². The predicted octanol–water partition coefficient (Wildman–Crippen LogP) is 4.48. The molecule has 1 aliphatic rings. The molecule has 3 aromatic rings. The minimum atomic E-state index is 0. The SMILES string of the molecule is CCNC(=NCc1ccc(N2CC=CC2)cc1)NCc1ccnc2ccccc12.I. The van der Waals surface area contributed by atoms with Crippen molar-refractivity contribution in [2.45, 2.75) is 20.0 Å². The average molecular weight is 513 g/mol. The summed E-state index contributed by atoms with van der Waals surface area (Å²) in [6.45, 7) is 6.24. The summed E-state index contributed by atoms with van der Waals surface area (Å²) >= 11 is 0. The highest BCUT2D eigenvalue weighted by Gasteiger charge is 2.07. The van der Waals surface area contributed by atoms with Crippen LogP contribution in [-0.2, 0) is 13.1 Å². The molecule has 0 fully saturated rings. The van der Waals surface area contributed by atoms with Crippen LogP contribution in [0.1, 0.15) is 18.1 Å². The van der Waals surface area contributed by atoms with E-state index in [0.29, 0.717) is 13.1 Å². The Kier molecular flexibility index (Phi) is 8.07. The molecule has 2 heterocycles. The summed E-state index contributed by atoms with van der Waals surface area (Å²) in [5.41, 5.74) is 4.69. The lowest BCUT2D eigenvalue weighted by Crippen LogP contribution is -2.36. The van der Waals surface area contributed by atoms with Gasteiger partial charge in [0.05, 0.1) is 12.1 Å². The topological polar surface area (TPSA) is 52.6 Å². The van der Waals surface area contributed by atoms with E-state index in [4.69, 9.17) is 4.99 Å². The molecule has 0 atom stereocenters. The number of pyridine rings is 1. The van der Waals surface area contributed by atoms with Crippen molar-refractivity contribution in [3.8, 4) is 0 Å². The van der Waals surface area contributed by atoms with Gasteiger partial charge in [0.25, 0.3) is 0 Å². The van der Waals surface area contributed by atoms with E-state index in [0.717, 1.165) is 31.1 Å². The lowest BCUT2D eigenvalue weighted by atomic mass is 10.1. The Balaban J connectivity index is 0.00000256. The van der Waals surface area contributed by atoms with Crippen molar-refractivity contribution in [1.29, 1.82) is 0 Å². The number of fused-ring (bicyclic) bond motifs is 1. The van der Waals surface area contributed by atoms with Crippen LogP contribution in [0.25, 0.3) is 10.9 Å². The van der Waals surface area contributed by atoms with E-state index >= 15 is 0 Å². The second-order valence-electron chi connectivity index (χ2n) is 7.08. The summed E-state index contributed by atoms with van der Waals surface area (Å²) in [7, 11) is 0. The molecular formula is C24H28IN5. The van der Waals surface area contributed by atoms with Gasteiger partial charge in [-0.2, -0.15) is 0 Å². The summed E-state index contributed by atoms with van der Waals surface area (Å²) in [5.74, 6) is 0.821. The smallest absolute Gasteiger partial charge is 0.191 e. The van der Waals surface area contributed by atoms with Gasteiger partial charge in [-0.15, -0.1) is 24.0 Å². The summed E-state index contributed by atoms with van der Waals surface area (Å²) in [4.78, 5) is 11.5. The highest BCUT2D eigenvalue weighted by atomic mass is 127. The van der Waals surface area contributed by atoms with E-state index < -0.39 is 0 Å². The zero-order valence-electron chi connectivity index (χ0n) is 17.2. The molecule has 0 radical (unpaired) electrons. The van der Waals surface area contributed by atoms with Gasteiger partial charge in [0.1, 0.15) is 0 Å². The third-order valence-corrected chi connectivity index (χ3v) is 5.07. The Labute approximate surface area is 195 Å². The largest absolute Gasteiger partial charge is 0.364 e. The normalized spacial score (nSPS) is 13.4. The van der Waals surface area contributed by atoms with Crippen molar-refractivity contribution < 1.29 is 0 Å². The lowest BCUT2D eigenvalue weighted by molar-refractivity contribution is 0.818. The van der Waals surface area contributed by atoms with Gasteiger partial charge in [0.15, 0.2) is 5.96 Å². The molecule has 1 aliphatic heterocycles. The van der Waals surface area contributed by atoms with Gasteiger partial charge >= 0.3 is 0 Å². The number of anilines is 1. The molecule has 0 bridgehead atoms. The molecule has 0 saturated heterocycles. The molecule has 0 saturated carbocycles. The number of rotatable bonds is 6. The molecule has 6 heteroatoms. The summed E-state index contributed by atoms with van der Waals surface area (Å²) in [6, 6.07) is 19.0. The molecule has 156 valence electrons. The van der Waals surface area contributed by atoms with E-state index in [1.807, 2.05) is 18.3 Å². The van der Waals surface area contributed by atoms with Gasteiger partial charge in [-0.1, -0.05) is 42.5 Å². The van der Waals surface area contributed by atoms with Crippen LogP contribution >= 0.6 is 24.0 Å². The number of nitrogens with zero attached hydrogens (tertiary/aromatic N) is 3. The predicted molar refractivity (Wildman–Crippen MR) is 137 cm³/mol. The van der Waals surface area contributed by atoms with Gasteiger partial charge in [0.2, 0.25) is 0 Å². The summed E-state index contributed by atoms with van der Waals surface area (Å²) < 4.78 is 0. The van der Waals surface area contributed by atoms with Crippen LogP contribution in [-0.4, -0.2) is 30.6 Å². The Bertz CT molecular complexity index is 1000. The number of guanidine groups is 1. The first kappa shape index (κ1) is 22.1. The zero-order valence-corrected chi connectivity index (χ0v) is 19.5. The van der Waals surface area contributed by atoms with Gasteiger partial charge < -0.3 is 15.5 Å². The average Bonchev–Trinajstić information content (AvgIpc) is 3.31. The van der Waals surface area contributed by atoms with E-state index in [1.165, 1.54) is 22.2 Å². The molecular weight excluding hydrogens is 485 g/mol. The van der Waals surface area contributed by atoms with Crippen LogP contribution < -0.4 is 15.5 Å². The van der Waals surface area contributed by atoms with Gasteiger partial charge in [-0.3, -0.25) is 4.98 Å². The first-order valence-electron chi connectivity index (χ1n) is 10.2. The number of aliphatic imine (C=N–C) groups is 1. The summed E-state index contributed by atoms with van der Waals surface area (Å²) in [6.07, 6.45) is 6.28. The number of benzene rings is 2. The third-order valence-electron chi connectivity index (χ3n) is 5.07. The molecule has 0 aliphatic carbocycles. The fourth-order valence-electron chi connectivity index (χ4n) is 3.50. The van der Waals surface area contributed by atoms with Crippen molar-refractivity contribution in [3.05, 3.63) is 84.1 Å². The maximum absolute atomic E-state index is 4.76. The fourth-order valence-corrected chi connectivity index (χ4v) is 3.50. The minimum absolute atomic E-state index is 0. The first-order chi connectivity index (χ1) is 14.3. The van der Waals surface area contributed by atoms with Gasteiger partial charge in [-0.25, -0.2) is 4.99 Å². The van der Waals surface area contributed by atoms with Crippen molar-refractivity contribution in [2.75, 3.05) is 24.5 Å². The molecule has 4 rings (SSSR count). The Hall–Kier alpha value is -2.61. The number of hydrogen-bond donors (Lipinski definition) is 2.